The summed E-state index contributed by atoms with van der Waals surface area (Å²) in [5.41, 5.74) is 4.54. The van der Waals surface area contributed by atoms with E-state index in [1.54, 1.807) is 24.3 Å². The van der Waals surface area contributed by atoms with Crippen molar-refractivity contribution in [2.24, 2.45) is 0 Å². The highest BCUT2D eigenvalue weighted by Gasteiger charge is 2.25. The lowest BCUT2D eigenvalue weighted by molar-refractivity contribution is -0.133. The van der Waals surface area contributed by atoms with Crippen LogP contribution in [-0.4, -0.2) is 40.3 Å². The lowest BCUT2D eigenvalue weighted by Gasteiger charge is -2.19. The van der Waals surface area contributed by atoms with Crippen molar-refractivity contribution in [2.75, 3.05) is 0 Å². The molecule has 7 heteroatoms. The molecule has 0 radical (unpaired) electrons. The Hall–Kier alpha value is -3.18. The molecule has 0 spiro atoms. The van der Waals surface area contributed by atoms with Crippen LogP contribution in [0.4, 0.5) is 0 Å². The Morgan fingerprint density at radius 1 is 0.935 bits per heavy atom. The molecule has 0 aliphatic rings. The molecule has 0 fully saturated rings. The zero-order valence-corrected chi connectivity index (χ0v) is 17.3. The van der Waals surface area contributed by atoms with Gasteiger partial charge in [0.2, 0.25) is 0 Å². The molecule has 0 bridgehead atoms. The topological polar surface area (TPSA) is 111 Å². The lowest BCUT2D eigenvalue weighted by Crippen LogP contribution is -2.51. The Bertz CT molecular complexity index is 911. The van der Waals surface area contributed by atoms with Crippen LogP contribution in [0.25, 0.3) is 0 Å². The summed E-state index contributed by atoms with van der Waals surface area (Å²) < 4.78 is 0. The number of rotatable bonds is 7. The summed E-state index contributed by atoms with van der Waals surface area (Å²) >= 11 is 0. The molecule has 5 N–H and O–H groups in total. The summed E-state index contributed by atoms with van der Waals surface area (Å²) in [6.07, 6.45) is -1.17. The van der Waals surface area contributed by atoms with Crippen LogP contribution in [-0.2, 0) is 11.3 Å². The Morgan fingerprint density at radius 3 is 1.90 bits per heavy atom. The van der Waals surface area contributed by atoms with Crippen LogP contribution >= 0.6 is 0 Å². The molecule has 2 atom stereocenters. The Balaban J connectivity index is 0.00000480. The number of aliphatic hydroxyl groups is 1. The van der Waals surface area contributed by atoms with Gasteiger partial charge in [0, 0.05) is 29.3 Å². The highest BCUT2D eigenvalue weighted by atomic mass is 16.5. The SMILES string of the molecule is C.CC(C)NCc1ccc(C#Cc2ccc(C(=O)N[C@H](C(=O)NO)[C@@H](C)O)cc2)cc1. The minimum absolute atomic E-state index is 0. The monoisotopic (exact) mass is 425 g/mol. The molecular weight excluding hydrogens is 394 g/mol. The third-order valence-corrected chi connectivity index (χ3v) is 4.33. The number of hydroxylamine groups is 1. The molecule has 2 aromatic rings. The van der Waals surface area contributed by atoms with Gasteiger partial charge in [0.25, 0.3) is 11.8 Å². The molecule has 31 heavy (non-hydrogen) atoms. The van der Waals surface area contributed by atoms with E-state index in [0.29, 0.717) is 11.6 Å². The van der Waals surface area contributed by atoms with Crippen molar-refractivity contribution in [3.8, 4) is 11.8 Å². The van der Waals surface area contributed by atoms with Crippen LogP contribution in [0.1, 0.15) is 55.2 Å². The van der Waals surface area contributed by atoms with Gasteiger partial charge in [0.15, 0.2) is 0 Å². The Morgan fingerprint density at radius 2 is 1.45 bits per heavy atom. The standard InChI is InChI=1S/C23H27N3O4.CH4/c1-15(2)24-14-19-8-6-17(7-9-19)4-5-18-10-12-20(13-11-18)22(28)25-21(16(3)27)23(29)26-30;/h6-13,15-16,21,24,27,30H,14H2,1-3H3,(H,25,28)(H,26,29);1H4/t16-,21+;/m1./s1. The third-order valence-electron chi connectivity index (χ3n) is 4.33. The highest BCUT2D eigenvalue weighted by Crippen LogP contribution is 2.07. The first kappa shape index (κ1) is 25.9. The van der Waals surface area contributed by atoms with E-state index < -0.39 is 24.0 Å². The van der Waals surface area contributed by atoms with Gasteiger partial charge in [-0.15, -0.1) is 0 Å². The van der Waals surface area contributed by atoms with Gasteiger partial charge in [-0.1, -0.05) is 45.2 Å². The second-order valence-corrected chi connectivity index (χ2v) is 7.23. The quantitative estimate of drug-likeness (QED) is 0.265. The van der Waals surface area contributed by atoms with Crippen LogP contribution in [0.2, 0.25) is 0 Å². The number of hydrogen-bond donors (Lipinski definition) is 5. The minimum atomic E-state index is -1.26. The van der Waals surface area contributed by atoms with E-state index in [1.165, 1.54) is 18.0 Å². The number of amides is 2. The zero-order chi connectivity index (χ0) is 22.1. The minimum Gasteiger partial charge on any atom is -0.391 e. The summed E-state index contributed by atoms with van der Waals surface area (Å²) in [4.78, 5) is 23.8. The first-order valence-electron chi connectivity index (χ1n) is 9.67. The fourth-order valence-corrected chi connectivity index (χ4v) is 2.58. The Labute approximate surface area is 183 Å². The number of carbonyl (C=O) groups excluding carboxylic acids is 2. The van der Waals surface area contributed by atoms with Gasteiger partial charge in [-0.25, -0.2) is 5.48 Å². The highest BCUT2D eigenvalue weighted by molar-refractivity contribution is 5.97. The average molecular weight is 426 g/mol. The zero-order valence-electron chi connectivity index (χ0n) is 17.3. The molecule has 2 aromatic carbocycles. The van der Waals surface area contributed by atoms with E-state index >= 15 is 0 Å². The van der Waals surface area contributed by atoms with Crippen molar-refractivity contribution in [3.05, 3.63) is 70.8 Å². The molecule has 2 rings (SSSR count). The van der Waals surface area contributed by atoms with Gasteiger partial charge in [-0.05, 0) is 48.9 Å². The van der Waals surface area contributed by atoms with E-state index in [-0.39, 0.29) is 7.43 Å². The van der Waals surface area contributed by atoms with E-state index in [1.807, 2.05) is 24.3 Å². The Kier molecular flexibility index (Phi) is 10.4. The van der Waals surface area contributed by atoms with E-state index in [4.69, 9.17) is 5.21 Å². The van der Waals surface area contributed by atoms with E-state index in [0.717, 1.165) is 17.7 Å². The number of carbonyl (C=O) groups is 2. The second kappa shape index (κ2) is 12.5. The van der Waals surface area contributed by atoms with Gasteiger partial charge in [-0.2, -0.15) is 0 Å². The van der Waals surface area contributed by atoms with Gasteiger partial charge < -0.3 is 15.7 Å². The largest absolute Gasteiger partial charge is 0.391 e. The predicted molar refractivity (Wildman–Crippen MR) is 120 cm³/mol. The maximum absolute atomic E-state index is 12.3. The van der Waals surface area contributed by atoms with E-state index in [9.17, 15) is 14.7 Å². The smallest absolute Gasteiger partial charge is 0.268 e. The van der Waals surface area contributed by atoms with Crippen LogP contribution < -0.4 is 16.1 Å². The van der Waals surface area contributed by atoms with Crippen LogP contribution in [0.5, 0.6) is 0 Å². The van der Waals surface area contributed by atoms with Crippen molar-refractivity contribution < 1.29 is 19.9 Å². The molecule has 0 aliphatic heterocycles. The first-order valence-corrected chi connectivity index (χ1v) is 9.67. The van der Waals surface area contributed by atoms with Crippen molar-refractivity contribution in [3.63, 3.8) is 0 Å². The fraction of sp³-hybridized carbons (Fsp3) is 0.333. The maximum Gasteiger partial charge on any atom is 0.268 e. The molecule has 7 nitrogen and oxygen atoms in total. The molecule has 0 aromatic heterocycles. The van der Waals surface area contributed by atoms with Crippen LogP contribution in [0.15, 0.2) is 48.5 Å². The third kappa shape index (κ3) is 8.22. The van der Waals surface area contributed by atoms with Crippen molar-refractivity contribution in [1.82, 2.24) is 16.1 Å². The number of benzene rings is 2. The molecule has 166 valence electrons. The summed E-state index contributed by atoms with van der Waals surface area (Å²) in [6, 6.07) is 13.7. The molecule has 0 aliphatic carbocycles. The lowest BCUT2D eigenvalue weighted by atomic mass is 10.1. The summed E-state index contributed by atoms with van der Waals surface area (Å²) in [5.74, 6) is 4.69. The maximum atomic E-state index is 12.3. The molecule has 0 saturated heterocycles. The molecule has 0 heterocycles. The normalized spacial score (nSPS) is 12.1. The molecule has 0 unspecified atom stereocenters. The van der Waals surface area contributed by atoms with Crippen molar-refractivity contribution in [2.45, 2.75) is 52.9 Å². The van der Waals surface area contributed by atoms with Crippen LogP contribution in [0.3, 0.4) is 0 Å². The number of nitrogens with one attached hydrogen (secondary N) is 3. The number of aliphatic hydroxyl groups excluding tert-OH is 1. The van der Waals surface area contributed by atoms with Gasteiger partial charge in [0.1, 0.15) is 6.04 Å². The summed E-state index contributed by atoms with van der Waals surface area (Å²) in [5, 5.41) is 24.0. The number of hydrogen-bond acceptors (Lipinski definition) is 5. The molecule has 0 saturated carbocycles. The predicted octanol–water partition coefficient (Wildman–Crippen LogP) is 2.21. The first-order chi connectivity index (χ1) is 14.3. The molecule has 2 amide bonds. The average Bonchev–Trinajstić information content (AvgIpc) is 2.74. The van der Waals surface area contributed by atoms with Crippen molar-refractivity contribution in [1.29, 1.82) is 0 Å². The molecular formula is C24H31N3O4. The van der Waals surface area contributed by atoms with E-state index in [2.05, 4.69) is 36.3 Å². The van der Waals surface area contributed by atoms with Gasteiger partial charge >= 0.3 is 0 Å². The van der Waals surface area contributed by atoms with Crippen molar-refractivity contribution >= 4 is 11.8 Å². The van der Waals surface area contributed by atoms with Gasteiger partial charge in [0.05, 0.1) is 6.10 Å². The second-order valence-electron chi connectivity index (χ2n) is 7.23. The summed E-state index contributed by atoms with van der Waals surface area (Å²) in [7, 11) is 0. The fourth-order valence-electron chi connectivity index (χ4n) is 2.58. The summed E-state index contributed by atoms with van der Waals surface area (Å²) in [6.45, 7) is 6.36. The van der Waals surface area contributed by atoms with Crippen LogP contribution in [0, 0.1) is 11.8 Å². The van der Waals surface area contributed by atoms with Gasteiger partial charge in [-0.3, -0.25) is 14.8 Å².